The highest BCUT2D eigenvalue weighted by atomic mass is 19.1. The molecule has 5 nitrogen and oxygen atoms in total. The molecule has 4 aliphatic rings. The van der Waals surface area contributed by atoms with E-state index in [1.54, 1.807) is 6.92 Å². The first kappa shape index (κ1) is 18.3. The lowest BCUT2D eigenvalue weighted by molar-refractivity contribution is -0.155. The van der Waals surface area contributed by atoms with Gasteiger partial charge >= 0.3 is 5.97 Å². The zero-order valence-corrected chi connectivity index (χ0v) is 15.6. The number of amides is 1. The Kier molecular flexibility index (Phi) is 4.82. The summed E-state index contributed by atoms with van der Waals surface area (Å²) < 4.78 is 23.5. The smallest absolute Gasteiger partial charge is 0.347 e. The van der Waals surface area contributed by atoms with Crippen molar-refractivity contribution in [1.82, 2.24) is 5.32 Å². The van der Waals surface area contributed by atoms with Crippen molar-refractivity contribution in [1.29, 1.82) is 0 Å². The standard InChI is InChI=1S/C21H26FNO4/c1-13(27-18-4-2-17(22)3-5-18)20(25)26-12-19(24)23-21-9-14-6-15(10-21)8-16(7-14)11-21/h2-5,13-16H,6-12H2,1H3,(H,23,24)/t13-,14?,15?,16?,21?/m0/s1. The van der Waals surface area contributed by atoms with Crippen LogP contribution < -0.4 is 10.1 Å². The van der Waals surface area contributed by atoms with Crippen molar-refractivity contribution >= 4 is 11.9 Å². The van der Waals surface area contributed by atoms with Crippen LogP contribution in [0.25, 0.3) is 0 Å². The number of rotatable bonds is 6. The van der Waals surface area contributed by atoms with E-state index < -0.39 is 12.1 Å². The van der Waals surface area contributed by atoms with E-state index in [1.807, 2.05) is 0 Å². The summed E-state index contributed by atoms with van der Waals surface area (Å²) in [6, 6.07) is 5.40. The van der Waals surface area contributed by atoms with Crippen LogP contribution in [-0.4, -0.2) is 30.1 Å². The van der Waals surface area contributed by atoms with Crippen LogP contribution in [0.3, 0.4) is 0 Å². The molecule has 0 aromatic heterocycles. The Morgan fingerprint density at radius 1 is 1.11 bits per heavy atom. The minimum absolute atomic E-state index is 0.0888. The van der Waals surface area contributed by atoms with E-state index in [0.717, 1.165) is 37.0 Å². The molecule has 0 saturated heterocycles. The second kappa shape index (κ2) is 7.13. The average Bonchev–Trinajstić information content (AvgIpc) is 2.60. The Labute approximate surface area is 158 Å². The minimum Gasteiger partial charge on any atom is -0.479 e. The molecular weight excluding hydrogens is 349 g/mol. The van der Waals surface area contributed by atoms with Crippen molar-refractivity contribution in [3.8, 4) is 5.75 Å². The summed E-state index contributed by atoms with van der Waals surface area (Å²) in [6.07, 6.45) is 6.23. The van der Waals surface area contributed by atoms with E-state index in [1.165, 1.54) is 43.5 Å². The number of ether oxygens (including phenoxy) is 2. The first-order valence-electron chi connectivity index (χ1n) is 9.81. The molecule has 1 amide bonds. The normalized spacial score (nSPS) is 32.0. The Balaban J connectivity index is 1.25. The molecule has 1 aromatic rings. The predicted octanol–water partition coefficient (Wildman–Crippen LogP) is 3.22. The van der Waals surface area contributed by atoms with Crippen LogP contribution >= 0.6 is 0 Å². The van der Waals surface area contributed by atoms with Crippen LogP contribution in [0.15, 0.2) is 24.3 Å². The van der Waals surface area contributed by atoms with E-state index in [2.05, 4.69) is 5.32 Å². The van der Waals surface area contributed by atoms with E-state index in [4.69, 9.17) is 9.47 Å². The zero-order valence-electron chi connectivity index (χ0n) is 15.6. The third kappa shape index (κ3) is 4.09. The second-order valence-corrected chi connectivity index (χ2v) is 8.57. The highest BCUT2D eigenvalue weighted by Gasteiger charge is 2.51. The summed E-state index contributed by atoms with van der Waals surface area (Å²) in [5.74, 6) is 1.37. The SMILES string of the molecule is C[C@H](Oc1ccc(F)cc1)C(=O)OCC(=O)NC12CC3CC(CC(C3)C1)C2. The van der Waals surface area contributed by atoms with Gasteiger partial charge in [0.25, 0.3) is 5.91 Å². The van der Waals surface area contributed by atoms with Crippen LogP contribution in [-0.2, 0) is 14.3 Å². The second-order valence-electron chi connectivity index (χ2n) is 8.57. The number of hydrogen-bond donors (Lipinski definition) is 1. The van der Waals surface area contributed by atoms with E-state index >= 15 is 0 Å². The molecule has 4 saturated carbocycles. The van der Waals surface area contributed by atoms with Gasteiger partial charge in [-0.2, -0.15) is 0 Å². The van der Waals surface area contributed by atoms with Gasteiger partial charge in [-0.15, -0.1) is 0 Å². The molecule has 4 fully saturated rings. The van der Waals surface area contributed by atoms with Gasteiger partial charge in [0, 0.05) is 5.54 Å². The number of benzene rings is 1. The molecule has 1 aromatic carbocycles. The Morgan fingerprint density at radius 2 is 1.67 bits per heavy atom. The van der Waals surface area contributed by atoms with Gasteiger partial charge in [0.05, 0.1) is 0 Å². The largest absolute Gasteiger partial charge is 0.479 e. The molecule has 1 atom stereocenters. The molecule has 0 spiro atoms. The van der Waals surface area contributed by atoms with Gasteiger partial charge < -0.3 is 14.8 Å². The van der Waals surface area contributed by atoms with E-state index in [9.17, 15) is 14.0 Å². The number of nitrogens with one attached hydrogen (secondary N) is 1. The molecule has 0 radical (unpaired) electrons. The van der Waals surface area contributed by atoms with Crippen molar-refractivity contribution in [3.63, 3.8) is 0 Å². The van der Waals surface area contributed by atoms with Gasteiger partial charge in [-0.3, -0.25) is 4.79 Å². The molecular formula is C21H26FNO4. The van der Waals surface area contributed by atoms with Crippen LogP contribution in [0.5, 0.6) is 5.75 Å². The maximum Gasteiger partial charge on any atom is 0.347 e. The number of esters is 1. The number of carbonyl (C=O) groups excluding carboxylic acids is 2. The Hall–Kier alpha value is -2.11. The quantitative estimate of drug-likeness (QED) is 0.776. The molecule has 5 rings (SSSR count). The average molecular weight is 375 g/mol. The van der Waals surface area contributed by atoms with Gasteiger partial charge in [-0.05, 0) is 87.5 Å². The summed E-state index contributed by atoms with van der Waals surface area (Å²) in [5, 5.41) is 3.18. The highest BCUT2D eigenvalue weighted by molar-refractivity contribution is 5.82. The fourth-order valence-corrected chi connectivity index (χ4v) is 5.62. The van der Waals surface area contributed by atoms with Gasteiger partial charge in [0.2, 0.25) is 0 Å². The highest BCUT2D eigenvalue weighted by Crippen LogP contribution is 2.55. The third-order valence-corrected chi connectivity index (χ3v) is 6.25. The molecule has 0 unspecified atom stereocenters. The van der Waals surface area contributed by atoms with Crippen LogP contribution in [0.2, 0.25) is 0 Å². The summed E-state index contributed by atoms with van der Waals surface area (Å²) in [7, 11) is 0. The molecule has 146 valence electrons. The minimum atomic E-state index is -0.872. The fourth-order valence-electron chi connectivity index (χ4n) is 5.62. The number of halogens is 1. The lowest BCUT2D eigenvalue weighted by Crippen LogP contribution is -2.60. The third-order valence-electron chi connectivity index (χ3n) is 6.25. The fraction of sp³-hybridized carbons (Fsp3) is 0.619. The van der Waals surface area contributed by atoms with Crippen LogP contribution in [0.1, 0.15) is 45.4 Å². The summed E-state index contributed by atoms with van der Waals surface area (Å²) in [6.45, 7) is 1.25. The first-order chi connectivity index (χ1) is 12.9. The first-order valence-corrected chi connectivity index (χ1v) is 9.81. The number of carbonyl (C=O) groups is 2. The molecule has 4 bridgehead atoms. The van der Waals surface area contributed by atoms with Gasteiger partial charge in [0.15, 0.2) is 12.7 Å². The van der Waals surface area contributed by atoms with Crippen LogP contribution in [0, 0.1) is 23.6 Å². The molecule has 6 heteroatoms. The maximum absolute atomic E-state index is 12.9. The van der Waals surface area contributed by atoms with Crippen molar-refractivity contribution in [2.75, 3.05) is 6.61 Å². The Morgan fingerprint density at radius 3 is 2.22 bits per heavy atom. The summed E-state index contributed by atoms with van der Waals surface area (Å²) in [5.41, 5.74) is -0.0888. The van der Waals surface area contributed by atoms with Crippen molar-refractivity contribution < 1.29 is 23.5 Å². The van der Waals surface area contributed by atoms with Gasteiger partial charge in [0.1, 0.15) is 11.6 Å². The topological polar surface area (TPSA) is 64.6 Å². The van der Waals surface area contributed by atoms with Crippen molar-refractivity contribution in [2.24, 2.45) is 17.8 Å². The van der Waals surface area contributed by atoms with Crippen molar-refractivity contribution in [2.45, 2.75) is 57.1 Å². The van der Waals surface area contributed by atoms with E-state index in [-0.39, 0.29) is 23.9 Å². The monoisotopic (exact) mass is 375 g/mol. The molecule has 4 aliphatic carbocycles. The number of hydrogen-bond acceptors (Lipinski definition) is 4. The summed E-state index contributed by atoms with van der Waals surface area (Å²) in [4.78, 5) is 24.5. The molecule has 1 N–H and O–H groups in total. The molecule has 0 aliphatic heterocycles. The van der Waals surface area contributed by atoms with Gasteiger partial charge in [-0.25, -0.2) is 9.18 Å². The lowest BCUT2D eigenvalue weighted by atomic mass is 9.53. The zero-order chi connectivity index (χ0) is 19.0. The molecule has 0 heterocycles. The van der Waals surface area contributed by atoms with Crippen LogP contribution in [0.4, 0.5) is 4.39 Å². The van der Waals surface area contributed by atoms with Gasteiger partial charge in [-0.1, -0.05) is 0 Å². The Bertz CT molecular complexity index is 682. The molecule has 27 heavy (non-hydrogen) atoms. The van der Waals surface area contributed by atoms with Crippen molar-refractivity contribution in [3.05, 3.63) is 30.1 Å². The lowest BCUT2D eigenvalue weighted by Gasteiger charge is -2.56. The summed E-state index contributed by atoms with van der Waals surface area (Å²) >= 11 is 0. The maximum atomic E-state index is 12.9. The van der Waals surface area contributed by atoms with E-state index in [0.29, 0.717) is 5.75 Å². The predicted molar refractivity (Wildman–Crippen MR) is 96.5 cm³/mol.